The Balaban J connectivity index is 2.12. The Morgan fingerprint density at radius 3 is 2.83 bits per heavy atom. The third kappa shape index (κ3) is 1.81. The molecule has 0 spiro atoms. The summed E-state index contributed by atoms with van der Waals surface area (Å²) in [7, 11) is 0. The molecule has 0 saturated heterocycles. The van der Waals surface area contributed by atoms with Gasteiger partial charge in [-0.3, -0.25) is 9.59 Å². The molecule has 0 N–H and O–H groups in total. The van der Waals surface area contributed by atoms with Crippen molar-refractivity contribution in [1.82, 2.24) is 0 Å². The van der Waals surface area contributed by atoms with E-state index in [1.54, 1.807) is 11.8 Å². The number of carbonyl (C=O) groups excluding carboxylic acids is 2. The molecule has 0 fully saturated rings. The fourth-order valence-corrected chi connectivity index (χ4v) is 4.19. The summed E-state index contributed by atoms with van der Waals surface area (Å²) in [5.41, 5.74) is 3.41. The number of ketones is 2. The van der Waals surface area contributed by atoms with Crippen LogP contribution in [-0.4, -0.2) is 17.3 Å². The molecular weight excluding hydrogens is 244 g/mol. The Labute approximate surface area is 111 Å². The maximum Gasteiger partial charge on any atom is 0.175 e. The van der Waals surface area contributed by atoms with Crippen molar-refractivity contribution in [3.8, 4) is 0 Å². The number of aryl methyl sites for hydroxylation is 1. The van der Waals surface area contributed by atoms with Crippen LogP contribution in [0.4, 0.5) is 0 Å². The van der Waals surface area contributed by atoms with Crippen molar-refractivity contribution in [2.75, 3.05) is 5.75 Å². The summed E-state index contributed by atoms with van der Waals surface area (Å²) in [5, 5.41) is 0. The van der Waals surface area contributed by atoms with Gasteiger partial charge in [0, 0.05) is 16.2 Å². The van der Waals surface area contributed by atoms with E-state index < -0.39 is 5.92 Å². The summed E-state index contributed by atoms with van der Waals surface area (Å²) < 4.78 is 0. The van der Waals surface area contributed by atoms with Crippen LogP contribution in [0.3, 0.4) is 0 Å². The normalized spacial score (nSPS) is 22.3. The first-order chi connectivity index (χ1) is 8.68. The fourth-order valence-electron chi connectivity index (χ4n) is 2.92. The summed E-state index contributed by atoms with van der Waals surface area (Å²) in [6.07, 6.45) is 4.44. The number of hydrogen-bond donors (Lipinski definition) is 0. The Morgan fingerprint density at radius 1 is 1.28 bits per heavy atom. The highest BCUT2D eigenvalue weighted by Crippen LogP contribution is 2.38. The monoisotopic (exact) mass is 260 g/mol. The second-order valence-electron chi connectivity index (χ2n) is 5.12. The third-order valence-electron chi connectivity index (χ3n) is 3.95. The van der Waals surface area contributed by atoms with Crippen molar-refractivity contribution in [2.24, 2.45) is 5.92 Å². The minimum atomic E-state index is -0.420. The summed E-state index contributed by atoms with van der Waals surface area (Å²) in [6, 6.07) is 4.24. The summed E-state index contributed by atoms with van der Waals surface area (Å²) in [5.74, 6) is 0.262. The Kier molecular flexibility index (Phi) is 3.02. The van der Waals surface area contributed by atoms with Crippen LogP contribution in [-0.2, 0) is 17.6 Å². The van der Waals surface area contributed by atoms with Crippen LogP contribution in [0.15, 0.2) is 17.0 Å². The molecule has 1 aliphatic heterocycles. The van der Waals surface area contributed by atoms with E-state index >= 15 is 0 Å². The molecule has 2 aliphatic rings. The minimum Gasteiger partial charge on any atom is -0.299 e. The molecular formula is C15H16O2S. The molecule has 0 amide bonds. The minimum absolute atomic E-state index is 0.00608. The van der Waals surface area contributed by atoms with Gasteiger partial charge in [0.2, 0.25) is 0 Å². The Morgan fingerprint density at radius 2 is 2.06 bits per heavy atom. The van der Waals surface area contributed by atoms with Gasteiger partial charge >= 0.3 is 0 Å². The molecule has 18 heavy (non-hydrogen) atoms. The largest absolute Gasteiger partial charge is 0.299 e. The number of carbonyl (C=O) groups is 2. The van der Waals surface area contributed by atoms with Crippen LogP contribution >= 0.6 is 11.8 Å². The predicted molar refractivity (Wildman–Crippen MR) is 72.3 cm³/mol. The SMILES string of the molecule is CC(=O)C1CSc2ccc3c(c2C1=O)CCCC3. The zero-order valence-corrected chi connectivity index (χ0v) is 11.3. The van der Waals surface area contributed by atoms with Crippen molar-refractivity contribution >= 4 is 23.3 Å². The predicted octanol–water partition coefficient (Wildman–Crippen LogP) is 3.06. The third-order valence-corrected chi connectivity index (χ3v) is 5.10. The quantitative estimate of drug-likeness (QED) is 0.728. The van der Waals surface area contributed by atoms with Crippen LogP contribution in [0, 0.1) is 5.92 Å². The Hall–Kier alpha value is -1.09. The van der Waals surface area contributed by atoms with Crippen LogP contribution in [0.2, 0.25) is 0 Å². The van der Waals surface area contributed by atoms with Crippen molar-refractivity contribution in [1.29, 1.82) is 0 Å². The maximum atomic E-state index is 12.5. The van der Waals surface area contributed by atoms with Gasteiger partial charge in [-0.15, -0.1) is 11.8 Å². The van der Waals surface area contributed by atoms with Gasteiger partial charge in [0.05, 0.1) is 5.92 Å². The lowest BCUT2D eigenvalue weighted by Crippen LogP contribution is -2.30. The first kappa shape index (κ1) is 12.0. The zero-order valence-electron chi connectivity index (χ0n) is 10.5. The number of benzene rings is 1. The lowest BCUT2D eigenvalue weighted by Gasteiger charge is -2.27. The second kappa shape index (κ2) is 4.54. The average molecular weight is 260 g/mol. The summed E-state index contributed by atoms with van der Waals surface area (Å²) in [6.45, 7) is 1.53. The molecule has 1 atom stereocenters. The molecule has 94 valence electrons. The van der Waals surface area contributed by atoms with Crippen LogP contribution in [0.1, 0.15) is 41.3 Å². The van der Waals surface area contributed by atoms with Crippen molar-refractivity contribution in [3.05, 3.63) is 28.8 Å². The van der Waals surface area contributed by atoms with Crippen LogP contribution < -0.4 is 0 Å². The highest BCUT2D eigenvalue weighted by molar-refractivity contribution is 7.99. The van der Waals surface area contributed by atoms with Crippen molar-refractivity contribution in [2.45, 2.75) is 37.5 Å². The first-order valence-corrected chi connectivity index (χ1v) is 7.49. The lowest BCUT2D eigenvalue weighted by molar-refractivity contribution is -0.118. The highest BCUT2D eigenvalue weighted by atomic mass is 32.2. The van der Waals surface area contributed by atoms with Crippen molar-refractivity contribution in [3.63, 3.8) is 0 Å². The van der Waals surface area contributed by atoms with Gasteiger partial charge in [0.1, 0.15) is 5.78 Å². The topological polar surface area (TPSA) is 34.1 Å². The van der Waals surface area contributed by atoms with Gasteiger partial charge in [0.25, 0.3) is 0 Å². The van der Waals surface area contributed by atoms with E-state index in [2.05, 4.69) is 12.1 Å². The van der Waals surface area contributed by atoms with Gasteiger partial charge in [0.15, 0.2) is 5.78 Å². The first-order valence-electron chi connectivity index (χ1n) is 6.50. The average Bonchev–Trinajstić information content (AvgIpc) is 2.38. The van der Waals surface area contributed by atoms with Crippen LogP contribution in [0.5, 0.6) is 0 Å². The van der Waals surface area contributed by atoms with E-state index in [4.69, 9.17) is 0 Å². The van der Waals surface area contributed by atoms with Gasteiger partial charge in [-0.05, 0) is 49.8 Å². The molecule has 1 heterocycles. The Bertz CT molecular complexity index is 534. The van der Waals surface area contributed by atoms with Crippen molar-refractivity contribution < 1.29 is 9.59 Å². The molecule has 0 radical (unpaired) electrons. The van der Waals surface area contributed by atoms with E-state index in [1.165, 1.54) is 24.5 Å². The molecule has 3 rings (SSSR count). The van der Waals surface area contributed by atoms with Gasteiger partial charge < -0.3 is 0 Å². The number of rotatable bonds is 1. The second-order valence-corrected chi connectivity index (χ2v) is 6.18. The molecule has 1 aliphatic carbocycles. The fraction of sp³-hybridized carbons (Fsp3) is 0.467. The summed E-state index contributed by atoms with van der Waals surface area (Å²) in [4.78, 5) is 25.1. The summed E-state index contributed by atoms with van der Waals surface area (Å²) >= 11 is 1.66. The number of Topliss-reactive ketones (excluding diaryl/α,β-unsaturated/α-hetero) is 2. The van der Waals surface area contributed by atoms with E-state index in [1.807, 2.05) is 0 Å². The molecule has 2 nitrogen and oxygen atoms in total. The van der Waals surface area contributed by atoms with Gasteiger partial charge in [-0.1, -0.05) is 6.07 Å². The molecule has 3 heteroatoms. The van der Waals surface area contributed by atoms with E-state index in [0.717, 1.165) is 29.7 Å². The highest BCUT2D eigenvalue weighted by Gasteiger charge is 2.33. The lowest BCUT2D eigenvalue weighted by atomic mass is 9.84. The van der Waals surface area contributed by atoms with Gasteiger partial charge in [-0.2, -0.15) is 0 Å². The number of fused-ring (bicyclic) bond motifs is 3. The standard InChI is InChI=1S/C15H16O2S/c1-9(16)12-8-18-13-7-6-10-4-2-3-5-11(10)14(13)15(12)17/h6-7,12H,2-5,8H2,1H3. The van der Waals surface area contributed by atoms with E-state index in [9.17, 15) is 9.59 Å². The number of thioether (sulfide) groups is 1. The molecule has 0 aromatic heterocycles. The van der Waals surface area contributed by atoms with Crippen LogP contribution in [0.25, 0.3) is 0 Å². The smallest absolute Gasteiger partial charge is 0.175 e. The van der Waals surface area contributed by atoms with Gasteiger partial charge in [-0.25, -0.2) is 0 Å². The molecule has 1 aromatic rings. The molecule has 1 aromatic carbocycles. The van der Waals surface area contributed by atoms with E-state index in [-0.39, 0.29) is 11.6 Å². The zero-order chi connectivity index (χ0) is 12.7. The molecule has 0 saturated carbocycles. The number of hydrogen-bond acceptors (Lipinski definition) is 3. The molecule has 1 unspecified atom stereocenters. The van der Waals surface area contributed by atoms with E-state index in [0.29, 0.717) is 5.75 Å². The maximum absolute atomic E-state index is 12.5. The molecule has 0 bridgehead atoms.